The summed E-state index contributed by atoms with van der Waals surface area (Å²) in [6.07, 6.45) is -4.76. The Labute approximate surface area is 193 Å². The van der Waals surface area contributed by atoms with E-state index < -0.39 is 18.0 Å². The third-order valence-electron chi connectivity index (χ3n) is 5.56. The maximum absolute atomic E-state index is 12.9. The van der Waals surface area contributed by atoms with Gasteiger partial charge in [0.05, 0.1) is 0 Å². The van der Waals surface area contributed by atoms with Crippen LogP contribution < -0.4 is 5.48 Å². The van der Waals surface area contributed by atoms with Gasteiger partial charge in [-0.3, -0.25) is 0 Å². The van der Waals surface area contributed by atoms with Crippen molar-refractivity contribution in [1.29, 1.82) is 0 Å². The molecular formula is C25H23F6NO2. The van der Waals surface area contributed by atoms with E-state index in [9.17, 15) is 31.5 Å². The van der Waals surface area contributed by atoms with E-state index in [4.69, 9.17) is 0 Å². The molecule has 0 bridgehead atoms. The molecule has 1 atom stereocenters. The van der Waals surface area contributed by atoms with Crippen molar-refractivity contribution >= 4 is 6.08 Å². The lowest BCUT2D eigenvalue weighted by Gasteiger charge is -2.38. The van der Waals surface area contributed by atoms with Gasteiger partial charge < -0.3 is 9.94 Å². The lowest BCUT2D eigenvalue weighted by molar-refractivity contribution is -0.303. The summed E-state index contributed by atoms with van der Waals surface area (Å²) in [5, 5.41) is 9.74. The van der Waals surface area contributed by atoms with Crippen LogP contribution in [0.3, 0.4) is 0 Å². The smallest absolute Gasteiger partial charge is 0.406 e. The molecule has 2 aromatic carbocycles. The predicted molar refractivity (Wildman–Crippen MR) is 116 cm³/mol. The summed E-state index contributed by atoms with van der Waals surface area (Å²) in [5.74, 6) is -0.364. The summed E-state index contributed by atoms with van der Waals surface area (Å²) in [6, 6.07) is 15.4. The van der Waals surface area contributed by atoms with Crippen molar-refractivity contribution in [3.05, 3.63) is 101 Å². The summed E-state index contributed by atoms with van der Waals surface area (Å²) < 4.78 is 80.9. The van der Waals surface area contributed by atoms with E-state index in [2.05, 4.69) is 10.2 Å². The number of halogens is 6. The van der Waals surface area contributed by atoms with Gasteiger partial charge in [0.2, 0.25) is 0 Å². The van der Waals surface area contributed by atoms with Crippen LogP contribution in [0, 0.1) is 0 Å². The molecular weight excluding hydrogens is 460 g/mol. The third-order valence-corrected chi connectivity index (χ3v) is 5.56. The minimum absolute atomic E-state index is 0.0839. The second-order valence-electron chi connectivity index (χ2n) is 7.94. The highest BCUT2D eigenvalue weighted by Crippen LogP contribution is 2.41. The molecule has 0 saturated carbocycles. The molecule has 0 aromatic heterocycles. The van der Waals surface area contributed by atoms with Crippen molar-refractivity contribution in [3.63, 3.8) is 0 Å². The Morgan fingerprint density at radius 1 is 0.971 bits per heavy atom. The molecule has 34 heavy (non-hydrogen) atoms. The number of hydrogen-bond acceptors (Lipinski definition) is 3. The fourth-order valence-electron chi connectivity index (χ4n) is 4.14. The minimum atomic E-state index is -4.87. The molecule has 0 spiro atoms. The zero-order valence-electron chi connectivity index (χ0n) is 18.0. The first-order valence-corrected chi connectivity index (χ1v) is 10.5. The van der Waals surface area contributed by atoms with Crippen molar-refractivity contribution in [3.8, 4) is 0 Å². The highest BCUT2D eigenvalue weighted by atomic mass is 19.4. The maximum atomic E-state index is 12.9. The van der Waals surface area contributed by atoms with Gasteiger partial charge in [0, 0.05) is 18.0 Å². The summed E-state index contributed by atoms with van der Waals surface area (Å²) in [7, 11) is 0. The third kappa shape index (κ3) is 6.98. The number of ether oxygens (including phenoxy) is 1. The van der Waals surface area contributed by atoms with Crippen LogP contribution in [0.5, 0.6) is 0 Å². The van der Waals surface area contributed by atoms with Crippen LogP contribution in [-0.2, 0) is 16.6 Å². The number of rotatable bonds is 8. The van der Waals surface area contributed by atoms with Crippen LogP contribution in [0.25, 0.3) is 6.08 Å². The van der Waals surface area contributed by atoms with Crippen LogP contribution in [0.4, 0.5) is 26.3 Å². The van der Waals surface area contributed by atoms with Crippen molar-refractivity contribution in [2.45, 2.75) is 37.2 Å². The Kier molecular flexibility index (Phi) is 7.89. The van der Waals surface area contributed by atoms with Crippen molar-refractivity contribution in [2.75, 3.05) is 6.54 Å². The summed E-state index contributed by atoms with van der Waals surface area (Å²) in [4.78, 5) is 0. The molecule has 0 heterocycles. The molecule has 3 nitrogen and oxygen atoms in total. The summed E-state index contributed by atoms with van der Waals surface area (Å²) in [6.45, 7) is -0.0839. The molecule has 0 amide bonds. The van der Waals surface area contributed by atoms with Crippen LogP contribution in [-0.4, -0.2) is 24.3 Å². The lowest BCUT2D eigenvalue weighted by atomic mass is 9.67. The van der Waals surface area contributed by atoms with E-state index in [0.29, 0.717) is 17.6 Å². The topological polar surface area (TPSA) is 41.5 Å². The fraction of sp³-hybridized carbons (Fsp3) is 0.280. The molecule has 2 aromatic rings. The zero-order chi connectivity index (χ0) is 24.8. The normalized spacial score (nSPS) is 16.7. The number of allylic oxidation sites excluding steroid dienone is 3. The van der Waals surface area contributed by atoms with E-state index in [1.54, 1.807) is 18.2 Å². The first-order valence-electron chi connectivity index (χ1n) is 10.5. The van der Waals surface area contributed by atoms with E-state index in [0.717, 1.165) is 11.6 Å². The molecule has 2 N–H and O–H groups in total. The number of benzene rings is 2. The van der Waals surface area contributed by atoms with E-state index in [-0.39, 0.29) is 36.8 Å². The predicted octanol–water partition coefficient (Wildman–Crippen LogP) is 6.86. The van der Waals surface area contributed by atoms with Crippen molar-refractivity contribution < 1.29 is 36.3 Å². The van der Waals surface area contributed by atoms with Gasteiger partial charge in [-0.25, -0.2) is 5.48 Å². The number of hydrogen-bond donors (Lipinski definition) is 2. The van der Waals surface area contributed by atoms with Crippen molar-refractivity contribution in [2.24, 2.45) is 0 Å². The van der Waals surface area contributed by atoms with Gasteiger partial charge in [-0.05, 0) is 48.1 Å². The molecule has 0 radical (unpaired) electrons. The molecule has 0 aliphatic heterocycles. The van der Waals surface area contributed by atoms with Crippen LogP contribution in [0.2, 0.25) is 0 Å². The second-order valence-corrected chi connectivity index (χ2v) is 7.94. The van der Waals surface area contributed by atoms with Crippen LogP contribution in [0.15, 0.2) is 84.2 Å². The Hall–Kier alpha value is -3.04. The molecule has 0 saturated heterocycles. The Balaban J connectivity index is 2.14. The minimum Gasteiger partial charge on any atom is -0.406 e. The molecule has 182 valence electrons. The first-order chi connectivity index (χ1) is 16.0. The SMILES string of the molecule is ONCC(Cc1ccccc1)(C1=CC(OC(F)(F)F)=CCC1)c1cccc(/C=C\C(F)(F)F)c1. The summed E-state index contributed by atoms with van der Waals surface area (Å²) in [5.41, 5.74) is 3.28. The van der Waals surface area contributed by atoms with Crippen molar-refractivity contribution in [1.82, 2.24) is 5.48 Å². The van der Waals surface area contributed by atoms with Gasteiger partial charge in [0.25, 0.3) is 0 Å². The van der Waals surface area contributed by atoms with Gasteiger partial charge >= 0.3 is 12.5 Å². The first kappa shape index (κ1) is 25.6. The monoisotopic (exact) mass is 483 g/mol. The molecule has 1 aliphatic carbocycles. The second kappa shape index (κ2) is 10.5. The quantitative estimate of drug-likeness (QED) is 0.318. The van der Waals surface area contributed by atoms with E-state index in [1.807, 2.05) is 30.3 Å². The zero-order valence-corrected chi connectivity index (χ0v) is 18.0. The Morgan fingerprint density at radius 2 is 1.71 bits per heavy atom. The van der Waals surface area contributed by atoms with Gasteiger partial charge in [0.1, 0.15) is 5.76 Å². The standard InChI is InChI=1S/C25H23F6NO2/c26-24(27,28)13-12-18-8-4-9-20(14-18)23(17-32-33,16-19-6-2-1-3-7-19)21-10-5-11-22(15-21)34-25(29,30)31/h1-4,6-9,11-15,32-33H,5,10,16-17H2/b13-12-. The molecule has 1 aliphatic rings. The lowest BCUT2D eigenvalue weighted by Crippen LogP contribution is -2.41. The number of hydroxylamine groups is 1. The highest BCUT2D eigenvalue weighted by molar-refractivity contribution is 5.54. The molecule has 9 heteroatoms. The number of nitrogens with one attached hydrogen (secondary N) is 1. The van der Waals surface area contributed by atoms with Gasteiger partial charge in [-0.1, -0.05) is 66.2 Å². The Bertz CT molecular complexity index is 1060. The highest BCUT2D eigenvalue weighted by Gasteiger charge is 2.39. The fourth-order valence-corrected chi connectivity index (χ4v) is 4.14. The van der Waals surface area contributed by atoms with Crippen LogP contribution in [0.1, 0.15) is 29.5 Å². The largest absolute Gasteiger partial charge is 0.573 e. The Morgan fingerprint density at radius 3 is 2.35 bits per heavy atom. The van der Waals surface area contributed by atoms with E-state index in [1.165, 1.54) is 18.2 Å². The van der Waals surface area contributed by atoms with Crippen LogP contribution >= 0.6 is 0 Å². The molecule has 0 fully saturated rings. The maximum Gasteiger partial charge on any atom is 0.573 e. The van der Waals surface area contributed by atoms with Gasteiger partial charge in [0.15, 0.2) is 0 Å². The number of alkyl halides is 6. The van der Waals surface area contributed by atoms with Gasteiger partial charge in [-0.15, -0.1) is 13.2 Å². The average molecular weight is 483 g/mol. The van der Waals surface area contributed by atoms with E-state index >= 15 is 0 Å². The molecule has 1 unspecified atom stereocenters. The average Bonchev–Trinajstić information content (AvgIpc) is 2.77. The van der Waals surface area contributed by atoms with Gasteiger partial charge in [-0.2, -0.15) is 13.2 Å². The molecule has 3 rings (SSSR count). The summed E-state index contributed by atoms with van der Waals surface area (Å²) >= 11 is 0.